The number of nitrogens with one attached hydrogen (secondary N) is 1. The minimum atomic E-state index is 0.586. The topological polar surface area (TPSA) is 41.6 Å². The van der Waals surface area contributed by atoms with Crippen molar-refractivity contribution in [2.45, 2.75) is 13.3 Å². The van der Waals surface area contributed by atoms with Crippen LogP contribution in [0.15, 0.2) is 24.5 Å². The van der Waals surface area contributed by atoms with Gasteiger partial charge in [0.1, 0.15) is 5.82 Å². The predicted molar refractivity (Wildman–Crippen MR) is 61.0 cm³/mol. The van der Waals surface area contributed by atoms with Crippen molar-refractivity contribution in [1.82, 2.24) is 15.0 Å². The van der Waals surface area contributed by atoms with E-state index < -0.39 is 0 Å². The number of alkyl halides is 1. The highest BCUT2D eigenvalue weighted by molar-refractivity contribution is 6.17. The SMILES string of the molecule is Cc1[nH]c(CCCl)nc1-c1ccncc1. The molecule has 0 atom stereocenters. The summed E-state index contributed by atoms with van der Waals surface area (Å²) in [6.45, 7) is 2.01. The highest BCUT2D eigenvalue weighted by Crippen LogP contribution is 2.20. The number of aromatic amines is 1. The molecule has 0 spiro atoms. The Morgan fingerprint density at radius 2 is 2.07 bits per heavy atom. The molecular formula is C11H12ClN3. The molecule has 2 aromatic rings. The van der Waals surface area contributed by atoms with Gasteiger partial charge >= 0.3 is 0 Å². The third kappa shape index (κ3) is 2.18. The summed E-state index contributed by atoms with van der Waals surface area (Å²) in [7, 11) is 0. The normalized spacial score (nSPS) is 10.5. The fourth-order valence-electron chi connectivity index (χ4n) is 1.52. The molecular weight excluding hydrogens is 210 g/mol. The van der Waals surface area contributed by atoms with E-state index >= 15 is 0 Å². The summed E-state index contributed by atoms with van der Waals surface area (Å²) in [6.07, 6.45) is 4.31. The van der Waals surface area contributed by atoms with Gasteiger partial charge in [0.25, 0.3) is 0 Å². The summed E-state index contributed by atoms with van der Waals surface area (Å²) in [4.78, 5) is 11.7. The molecule has 0 aliphatic carbocycles. The van der Waals surface area contributed by atoms with E-state index in [0.717, 1.165) is 29.2 Å². The first-order chi connectivity index (χ1) is 7.31. The van der Waals surface area contributed by atoms with Crippen LogP contribution in [0.25, 0.3) is 11.3 Å². The minimum Gasteiger partial charge on any atom is -0.346 e. The maximum absolute atomic E-state index is 5.67. The molecule has 0 bridgehead atoms. The van der Waals surface area contributed by atoms with E-state index in [0.29, 0.717) is 5.88 Å². The van der Waals surface area contributed by atoms with Crippen molar-refractivity contribution in [1.29, 1.82) is 0 Å². The van der Waals surface area contributed by atoms with Crippen LogP contribution in [0.4, 0.5) is 0 Å². The first-order valence-electron chi connectivity index (χ1n) is 4.83. The number of aromatic nitrogens is 3. The van der Waals surface area contributed by atoms with Gasteiger partial charge in [-0.2, -0.15) is 0 Å². The van der Waals surface area contributed by atoms with Crippen molar-refractivity contribution in [2.75, 3.05) is 5.88 Å². The summed E-state index contributed by atoms with van der Waals surface area (Å²) in [6, 6.07) is 3.90. The maximum Gasteiger partial charge on any atom is 0.108 e. The lowest BCUT2D eigenvalue weighted by molar-refractivity contribution is 0.988. The predicted octanol–water partition coefficient (Wildman–Crippen LogP) is 2.56. The van der Waals surface area contributed by atoms with E-state index in [2.05, 4.69) is 15.0 Å². The lowest BCUT2D eigenvalue weighted by atomic mass is 10.2. The Kier molecular flexibility index (Phi) is 3.02. The van der Waals surface area contributed by atoms with Crippen molar-refractivity contribution >= 4 is 11.6 Å². The summed E-state index contributed by atoms with van der Waals surface area (Å²) in [5.41, 5.74) is 3.14. The molecule has 0 aromatic carbocycles. The Morgan fingerprint density at radius 1 is 1.33 bits per heavy atom. The van der Waals surface area contributed by atoms with E-state index in [1.807, 2.05) is 19.1 Å². The Hall–Kier alpha value is -1.35. The Morgan fingerprint density at radius 3 is 2.73 bits per heavy atom. The van der Waals surface area contributed by atoms with E-state index in [4.69, 9.17) is 11.6 Å². The van der Waals surface area contributed by atoms with Crippen LogP contribution < -0.4 is 0 Å². The van der Waals surface area contributed by atoms with Gasteiger partial charge in [-0.15, -0.1) is 11.6 Å². The van der Waals surface area contributed by atoms with Gasteiger partial charge in [0.05, 0.1) is 5.69 Å². The summed E-state index contributed by atoms with van der Waals surface area (Å²) >= 11 is 5.67. The zero-order chi connectivity index (χ0) is 10.7. The monoisotopic (exact) mass is 221 g/mol. The largest absolute Gasteiger partial charge is 0.346 e. The highest BCUT2D eigenvalue weighted by Gasteiger charge is 2.07. The number of rotatable bonds is 3. The van der Waals surface area contributed by atoms with Crippen LogP contribution in [0.1, 0.15) is 11.5 Å². The van der Waals surface area contributed by atoms with Crippen molar-refractivity contribution < 1.29 is 0 Å². The third-order valence-corrected chi connectivity index (χ3v) is 2.41. The summed E-state index contributed by atoms with van der Waals surface area (Å²) in [5.74, 6) is 1.53. The number of pyridine rings is 1. The van der Waals surface area contributed by atoms with Crippen LogP contribution in [0.3, 0.4) is 0 Å². The number of hydrogen-bond acceptors (Lipinski definition) is 2. The molecule has 2 heterocycles. The molecule has 3 nitrogen and oxygen atoms in total. The minimum absolute atomic E-state index is 0.586. The number of hydrogen-bond donors (Lipinski definition) is 1. The van der Waals surface area contributed by atoms with Gasteiger partial charge in [-0.05, 0) is 19.1 Å². The first kappa shape index (κ1) is 10.2. The molecule has 0 saturated carbocycles. The quantitative estimate of drug-likeness (QED) is 0.810. The fraction of sp³-hybridized carbons (Fsp3) is 0.273. The molecule has 0 unspecified atom stereocenters. The van der Waals surface area contributed by atoms with Crippen molar-refractivity contribution in [3.8, 4) is 11.3 Å². The smallest absolute Gasteiger partial charge is 0.108 e. The Balaban J connectivity index is 2.36. The number of imidazole rings is 1. The van der Waals surface area contributed by atoms with E-state index in [1.165, 1.54) is 0 Å². The average Bonchev–Trinajstić information content (AvgIpc) is 2.61. The Labute approximate surface area is 93.5 Å². The van der Waals surface area contributed by atoms with E-state index in [-0.39, 0.29) is 0 Å². The van der Waals surface area contributed by atoms with Gasteiger partial charge in [-0.1, -0.05) is 0 Å². The Bertz CT molecular complexity index is 436. The van der Waals surface area contributed by atoms with E-state index in [9.17, 15) is 0 Å². The molecule has 1 N–H and O–H groups in total. The first-order valence-corrected chi connectivity index (χ1v) is 5.36. The van der Waals surface area contributed by atoms with Gasteiger partial charge in [0.15, 0.2) is 0 Å². The highest BCUT2D eigenvalue weighted by atomic mass is 35.5. The van der Waals surface area contributed by atoms with Gasteiger partial charge in [0, 0.05) is 36.0 Å². The standard InChI is InChI=1S/C11H12ClN3/c1-8-11(9-3-6-13-7-4-9)15-10(14-8)2-5-12/h3-4,6-7H,2,5H2,1H3,(H,14,15). The van der Waals surface area contributed by atoms with Crippen LogP contribution in [-0.2, 0) is 6.42 Å². The zero-order valence-electron chi connectivity index (χ0n) is 8.50. The molecule has 0 saturated heterocycles. The average molecular weight is 222 g/mol. The molecule has 15 heavy (non-hydrogen) atoms. The molecule has 0 aliphatic rings. The number of halogens is 1. The maximum atomic E-state index is 5.67. The van der Waals surface area contributed by atoms with E-state index in [1.54, 1.807) is 12.4 Å². The number of H-pyrrole nitrogens is 1. The van der Waals surface area contributed by atoms with Gasteiger partial charge in [0.2, 0.25) is 0 Å². The van der Waals surface area contributed by atoms with Gasteiger partial charge < -0.3 is 4.98 Å². The zero-order valence-corrected chi connectivity index (χ0v) is 9.25. The number of aryl methyl sites for hydroxylation is 2. The molecule has 2 rings (SSSR count). The van der Waals surface area contributed by atoms with Gasteiger partial charge in [-0.25, -0.2) is 4.98 Å². The summed E-state index contributed by atoms with van der Waals surface area (Å²) < 4.78 is 0. The lowest BCUT2D eigenvalue weighted by Gasteiger charge is -1.95. The van der Waals surface area contributed by atoms with Crippen LogP contribution in [0, 0.1) is 6.92 Å². The molecule has 2 aromatic heterocycles. The third-order valence-electron chi connectivity index (χ3n) is 2.22. The van der Waals surface area contributed by atoms with Crippen molar-refractivity contribution in [3.63, 3.8) is 0 Å². The van der Waals surface area contributed by atoms with Crippen LogP contribution in [0.5, 0.6) is 0 Å². The van der Waals surface area contributed by atoms with Crippen molar-refractivity contribution in [3.05, 3.63) is 36.0 Å². The van der Waals surface area contributed by atoms with Crippen LogP contribution >= 0.6 is 11.6 Å². The molecule has 0 radical (unpaired) electrons. The molecule has 4 heteroatoms. The lowest BCUT2D eigenvalue weighted by Crippen LogP contribution is -1.88. The molecule has 0 amide bonds. The van der Waals surface area contributed by atoms with Crippen LogP contribution in [0.2, 0.25) is 0 Å². The molecule has 0 fully saturated rings. The second kappa shape index (κ2) is 4.45. The second-order valence-electron chi connectivity index (χ2n) is 3.33. The van der Waals surface area contributed by atoms with Gasteiger partial charge in [-0.3, -0.25) is 4.98 Å². The number of nitrogens with zero attached hydrogens (tertiary/aromatic N) is 2. The summed E-state index contributed by atoms with van der Waals surface area (Å²) in [5, 5.41) is 0. The van der Waals surface area contributed by atoms with Crippen LogP contribution in [-0.4, -0.2) is 20.8 Å². The fourth-order valence-corrected chi connectivity index (χ4v) is 1.70. The molecule has 78 valence electrons. The molecule has 0 aliphatic heterocycles. The second-order valence-corrected chi connectivity index (χ2v) is 3.71. The van der Waals surface area contributed by atoms with Crippen molar-refractivity contribution in [2.24, 2.45) is 0 Å².